The number of rotatable bonds is 4. The van der Waals surface area contributed by atoms with Gasteiger partial charge in [-0.05, 0) is 71.7 Å². The van der Waals surface area contributed by atoms with Crippen LogP contribution >= 0.6 is 27.5 Å². The predicted octanol–water partition coefficient (Wildman–Crippen LogP) is 5.04. The summed E-state index contributed by atoms with van der Waals surface area (Å²) in [6, 6.07) is 10.6. The molecule has 0 bridgehead atoms. The van der Waals surface area contributed by atoms with Crippen LogP contribution in [0.2, 0.25) is 5.02 Å². The number of carbonyl (C=O) groups is 1. The molecule has 20 heavy (non-hydrogen) atoms. The van der Waals surface area contributed by atoms with E-state index in [1.807, 2.05) is 13.8 Å². The van der Waals surface area contributed by atoms with Gasteiger partial charge < -0.3 is 4.74 Å². The van der Waals surface area contributed by atoms with Gasteiger partial charge in [0.05, 0.1) is 11.1 Å². The summed E-state index contributed by atoms with van der Waals surface area (Å²) >= 11 is 9.33. The maximum absolute atomic E-state index is 12.5. The quantitative estimate of drug-likeness (QED) is 0.720. The maximum Gasteiger partial charge on any atom is 0.193 e. The van der Waals surface area contributed by atoms with Gasteiger partial charge in [0.25, 0.3) is 0 Å². The molecule has 2 rings (SSSR count). The van der Waals surface area contributed by atoms with Crippen LogP contribution in [0.5, 0.6) is 5.75 Å². The molecule has 0 aliphatic carbocycles. The highest BCUT2D eigenvalue weighted by Crippen LogP contribution is 2.27. The Kier molecular flexibility index (Phi) is 4.84. The average Bonchev–Trinajstić information content (AvgIpc) is 2.40. The first kappa shape index (κ1) is 15.1. The minimum absolute atomic E-state index is 0.0251. The summed E-state index contributed by atoms with van der Waals surface area (Å²) in [5.41, 5.74) is 2.14. The van der Waals surface area contributed by atoms with Gasteiger partial charge in [0.1, 0.15) is 5.75 Å². The summed E-state index contributed by atoms with van der Waals surface area (Å²) in [7, 11) is 0. The molecule has 0 aromatic heterocycles. The second kappa shape index (κ2) is 6.42. The Balaban J connectivity index is 2.36. The summed E-state index contributed by atoms with van der Waals surface area (Å²) in [5, 5.41) is 0.631. The van der Waals surface area contributed by atoms with E-state index in [-0.39, 0.29) is 5.78 Å². The number of aryl methyl sites for hydroxylation is 1. The zero-order valence-corrected chi connectivity index (χ0v) is 13.6. The first-order valence-electron chi connectivity index (χ1n) is 6.26. The van der Waals surface area contributed by atoms with Crippen molar-refractivity contribution in [2.75, 3.05) is 6.61 Å². The lowest BCUT2D eigenvalue weighted by atomic mass is 9.99. The minimum atomic E-state index is -0.0251. The van der Waals surface area contributed by atoms with Crippen LogP contribution in [0.4, 0.5) is 0 Å². The first-order chi connectivity index (χ1) is 9.52. The summed E-state index contributed by atoms with van der Waals surface area (Å²) in [5.74, 6) is 0.708. The molecular weight excluding hydrogens is 340 g/mol. The van der Waals surface area contributed by atoms with Crippen molar-refractivity contribution in [3.8, 4) is 5.75 Å². The monoisotopic (exact) mass is 352 g/mol. The van der Waals surface area contributed by atoms with Gasteiger partial charge in [-0.1, -0.05) is 11.6 Å². The van der Waals surface area contributed by atoms with Crippen LogP contribution in [-0.4, -0.2) is 12.4 Å². The van der Waals surface area contributed by atoms with Crippen molar-refractivity contribution in [3.05, 3.63) is 62.6 Å². The van der Waals surface area contributed by atoms with Gasteiger partial charge >= 0.3 is 0 Å². The predicted molar refractivity (Wildman–Crippen MR) is 84.9 cm³/mol. The van der Waals surface area contributed by atoms with E-state index in [4.69, 9.17) is 16.3 Å². The van der Waals surface area contributed by atoms with Gasteiger partial charge in [0, 0.05) is 16.1 Å². The second-order valence-corrected chi connectivity index (χ2v) is 5.66. The molecule has 0 fully saturated rings. The van der Waals surface area contributed by atoms with Crippen molar-refractivity contribution >= 4 is 33.3 Å². The van der Waals surface area contributed by atoms with E-state index in [0.29, 0.717) is 22.8 Å². The van der Waals surface area contributed by atoms with E-state index < -0.39 is 0 Å². The molecule has 0 atom stereocenters. The molecule has 0 amide bonds. The molecule has 104 valence electrons. The van der Waals surface area contributed by atoms with Crippen molar-refractivity contribution in [1.29, 1.82) is 0 Å². The summed E-state index contributed by atoms with van der Waals surface area (Å²) in [6.07, 6.45) is 0. The topological polar surface area (TPSA) is 26.3 Å². The average molecular weight is 354 g/mol. The highest BCUT2D eigenvalue weighted by atomic mass is 79.9. The normalized spacial score (nSPS) is 10.4. The third kappa shape index (κ3) is 3.22. The van der Waals surface area contributed by atoms with E-state index in [9.17, 15) is 4.79 Å². The lowest BCUT2D eigenvalue weighted by molar-refractivity contribution is 0.103. The molecule has 0 radical (unpaired) electrons. The molecule has 0 unspecified atom stereocenters. The smallest absolute Gasteiger partial charge is 0.193 e. The molecule has 0 spiro atoms. The lowest BCUT2D eigenvalue weighted by Gasteiger charge is -2.09. The molecule has 0 heterocycles. The van der Waals surface area contributed by atoms with Crippen molar-refractivity contribution in [3.63, 3.8) is 0 Å². The van der Waals surface area contributed by atoms with Gasteiger partial charge in [-0.25, -0.2) is 0 Å². The molecule has 0 aliphatic rings. The Morgan fingerprint density at radius 1 is 1.25 bits per heavy atom. The van der Waals surface area contributed by atoms with Crippen LogP contribution in [-0.2, 0) is 0 Å². The third-order valence-corrected chi connectivity index (χ3v) is 3.78. The van der Waals surface area contributed by atoms with Crippen molar-refractivity contribution in [2.45, 2.75) is 13.8 Å². The van der Waals surface area contributed by atoms with E-state index in [0.717, 1.165) is 15.8 Å². The molecule has 4 heteroatoms. The van der Waals surface area contributed by atoms with Crippen molar-refractivity contribution in [1.82, 2.24) is 0 Å². The summed E-state index contributed by atoms with van der Waals surface area (Å²) in [4.78, 5) is 12.5. The fourth-order valence-electron chi connectivity index (χ4n) is 1.95. The molecule has 0 N–H and O–H groups in total. The fraction of sp³-hybridized carbons (Fsp3) is 0.188. The van der Waals surface area contributed by atoms with Crippen LogP contribution < -0.4 is 4.74 Å². The van der Waals surface area contributed by atoms with Crippen molar-refractivity contribution < 1.29 is 9.53 Å². The maximum atomic E-state index is 12.5. The van der Waals surface area contributed by atoms with Crippen LogP contribution in [0, 0.1) is 6.92 Å². The van der Waals surface area contributed by atoms with E-state index in [2.05, 4.69) is 15.9 Å². The van der Waals surface area contributed by atoms with E-state index in [1.165, 1.54) is 0 Å². The van der Waals surface area contributed by atoms with Gasteiger partial charge in [0.2, 0.25) is 0 Å². The number of benzene rings is 2. The van der Waals surface area contributed by atoms with Gasteiger partial charge in [-0.2, -0.15) is 0 Å². The van der Waals surface area contributed by atoms with Gasteiger partial charge in [0.15, 0.2) is 5.78 Å². The SMILES string of the molecule is CCOc1ccc(C(=O)c2ccc(Cl)cc2C)cc1Br. The Morgan fingerprint density at radius 3 is 2.60 bits per heavy atom. The standard InChI is InChI=1S/C16H14BrClO2/c1-3-20-15-7-4-11(9-14(15)17)16(19)13-6-5-12(18)8-10(13)2/h4-9H,3H2,1-2H3. The number of ether oxygens (including phenoxy) is 1. The number of hydrogen-bond acceptors (Lipinski definition) is 2. The van der Waals surface area contributed by atoms with Gasteiger partial charge in [-0.15, -0.1) is 0 Å². The highest BCUT2D eigenvalue weighted by molar-refractivity contribution is 9.10. The molecular formula is C16H14BrClO2. The second-order valence-electron chi connectivity index (χ2n) is 4.37. The number of ketones is 1. The zero-order chi connectivity index (χ0) is 14.7. The highest BCUT2D eigenvalue weighted by Gasteiger charge is 2.13. The fourth-order valence-corrected chi connectivity index (χ4v) is 2.67. The molecule has 0 aliphatic heterocycles. The molecule has 0 saturated heterocycles. The van der Waals surface area contributed by atoms with E-state index in [1.54, 1.807) is 36.4 Å². The molecule has 2 aromatic rings. The molecule has 2 aromatic carbocycles. The zero-order valence-electron chi connectivity index (χ0n) is 11.2. The number of halogens is 2. The van der Waals surface area contributed by atoms with Crippen LogP contribution in [0.15, 0.2) is 40.9 Å². The number of carbonyl (C=O) groups excluding carboxylic acids is 1. The summed E-state index contributed by atoms with van der Waals surface area (Å²) < 4.78 is 6.22. The largest absolute Gasteiger partial charge is 0.493 e. The summed E-state index contributed by atoms with van der Waals surface area (Å²) in [6.45, 7) is 4.38. The van der Waals surface area contributed by atoms with E-state index >= 15 is 0 Å². The molecule has 0 saturated carbocycles. The third-order valence-electron chi connectivity index (χ3n) is 2.93. The minimum Gasteiger partial charge on any atom is -0.493 e. The Morgan fingerprint density at radius 2 is 2.00 bits per heavy atom. The first-order valence-corrected chi connectivity index (χ1v) is 7.43. The van der Waals surface area contributed by atoms with Crippen LogP contribution in [0.1, 0.15) is 28.4 Å². The Labute approximate surface area is 131 Å². The lowest BCUT2D eigenvalue weighted by Crippen LogP contribution is -2.04. The Bertz CT molecular complexity index is 653. The number of hydrogen-bond donors (Lipinski definition) is 0. The Hall–Kier alpha value is -1.32. The van der Waals surface area contributed by atoms with Crippen LogP contribution in [0.25, 0.3) is 0 Å². The van der Waals surface area contributed by atoms with Crippen LogP contribution in [0.3, 0.4) is 0 Å². The van der Waals surface area contributed by atoms with Gasteiger partial charge in [-0.3, -0.25) is 4.79 Å². The molecule has 2 nitrogen and oxygen atoms in total. The van der Waals surface area contributed by atoms with Crippen molar-refractivity contribution in [2.24, 2.45) is 0 Å².